The van der Waals surface area contributed by atoms with Crippen molar-refractivity contribution in [1.82, 2.24) is 9.55 Å². The van der Waals surface area contributed by atoms with Crippen LogP contribution in [-0.4, -0.2) is 22.8 Å². The fourth-order valence-corrected chi connectivity index (χ4v) is 3.09. The normalized spacial score (nSPS) is 20.1. The number of hydrogen-bond donors (Lipinski definition) is 0. The first-order valence-electron chi connectivity index (χ1n) is 6.20. The van der Waals surface area contributed by atoms with Gasteiger partial charge in [0.05, 0.1) is 34.0 Å². The zero-order chi connectivity index (χ0) is 13.4. The Bertz CT molecular complexity index is 610. The maximum Gasteiger partial charge on any atom is 0.139 e. The van der Waals surface area contributed by atoms with Gasteiger partial charge in [-0.15, -0.1) is 11.6 Å². The van der Waals surface area contributed by atoms with Gasteiger partial charge < -0.3 is 9.30 Å². The molecule has 6 heteroatoms. The van der Waals surface area contributed by atoms with Gasteiger partial charge in [-0.3, -0.25) is 0 Å². The van der Waals surface area contributed by atoms with Gasteiger partial charge in [0.25, 0.3) is 0 Å². The maximum absolute atomic E-state index is 13.8. The van der Waals surface area contributed by atoms with Crippen molar-refractivity contribution >= 4 is 38.6 Å². The Kier molecular flexibility index (Phi) is 3.78. The molecule has 1 aliphatic heterocycles. The molecule has 1 atom stereocenters. The molecule has 0 spiro atoms. The third-order valence-corrected chi connectivity index (χ3v) is 4.27. The summed E-state index contributed by atoms with van der Waals surface area (Å²) in [6.45, 7) is 1.42. The van der Waals surface area contributed by atoms with E-state index in [0.29, 0.717) is 17.0 Å². The molecule has 2 heterocycles. The van der Waals surface area contributed by atoms with E-state index in [-0.39, 0.29) is 11.9 Å². The Morgan fingerprint density at radius 1 is 1.53 bits per heavy atom. The quantitative estimate of drug-likeness (QED) is 0.767. The summed E-state index contributed by atoms with van der Waals surface area (Å²) in [4.78, 5) is 4.49. The van der Waals surface area contributed by atoms with Crippen molar-refractivity contribution in [3.05, 3.63) is 28.2 Å². The minimum atomic E-state index is -0.286. The lowest BCUT2D eigenvalue weighted by atomic mass is 10.1. The number of alkyl halides is 1. The molecule has 2 aromatic rings. The van der Waals surface area contributed by atoms with E-state index in [2.05, 4.69) is 20.9 Å². The van der Waals surface area contributed by atoms with E-state index in [9.17, 15) is 4.39 Å². The van der Waals surface area contributed by atoms with Crippen LogP contribution in [0.4, 0.5) is 4.39 Å². The van der Waals surface area contributed by atoms with Crippen LogP contribution >= 0.6 is 27.5 Å². The van der Waals surface area contributed by atoms with E-state index in [0.717, 1.165) is 36.3 Å². The van der Waals surface area contributed by atoms with Crippen LogP contribution in [0, 0.1) is 5.82 Å². The van der Waals surface area contributed by atoms with Gasteiger partial charge in [0.1, 0.15) is 11.6 Å². The molecule has 3 rings (SSSR count). The average Bonchev–Trinajstić information content (AvgIpc) is 2.78. The minimum Gasteiger partial charge on any atom is -0.379 e. The molecule has 0 saturated carbocycles. The van der Waals surface area contributed by atoms with Gasteiger partial charge in [0.15, 0.2) is 0 Å². The summed E-state index contributed by atoms with van der Waals surface area (Å²) in [6.07, 6.45) is 2.01. The van der Waals surface area contributed by atoms with Crippen molar-refractivity contribution in [1.29, 1.82) is 0 Å². The van der Waals surface area contributed by atoms with Crippen molar-refractivity contribution < 1.29 is 9.13 Å². The molecule has 0 amide bonds. The lowest BCUT2D eigenvalue weighted by Crippen LogP contribution is -2.22. The van der Waals surface area contributed by atoms with E-state index < -0.39 is 0 Å². The Hall–Kier alpha value is -0.650. The number of rotatable bonds is 2. The van der Waals surface area contributed by atoms with Gasteiger partial charge in [-0.25, -0.2) is 9.37 Å². The predicted octanol–water partition coefficient (Wildman–Crippen LogP) is 4.03. The van der Waals surface area contributed by atoms with E-state index in [4.69, 9.17) is 16.3 Å². The lowest BCUT2D eigenvalue weighted by Gasteiger charge is -2.25. The zero-order valence-electron chi connectivity index (χ0n) is 10.2. The molecule has 0 N–H and O–H groups in total. The SMILES string of the molecule is Fc1cc2c(cc1Br)nc(CCl)n2C1CCCOC1. The van der Waals surface area contributed by atoms with Crippen molar-refractivity contribution in [2.24, 2.45) is 0 Å². The highest BCUT2D eigenvalue weighted by Crippen LogP contribution is 2.30. The first kappa shape index (κ1) is 13.3. The summed E-state index contributed by atoms with van der Waals surface area (Å²) >= 11 is 9.16. The number of nitrogens with zero attached hydrogens (tertiary/aromatic N) is 2. The van der Waals surface area contributed by atoms with Crippen LogP contribution < -0.4 is 0 Å². The summed E-state index contributed by atoms with van der Waals surface area (Å²) in [5.41, 5.74) is 1.54. The number of halogens is 3. The zero-order valence-corrected chi connectivity index (χ0v) is 12.5. The number of imidazole rings is 1. The summed E-state index contributed by atoms with van der Waals surface area (Å²) in [7, 11) is 0. The Morgan fingerprint density at radius 2 is 2.37 bits per heavy atom. The third kappa shape index (κ3) is 2.39. The van der Waals surface area contributed by atoms with Crippen LogP contribution in [0.3, 0.4) is 0 Å². The van der Waals surface area contributed by atoms with Crippen LogP contribution in [0.2, 0.25) is 0 Å². The second-order valence-corrected chi connectivity index (χ2v) is 5.78. The molecule has 1 saturated heterocycles. The minimum absolute atomic E-state index is 0.188. The standard InChI is InChI=1S/C13H13BrClFN2O/c14-9-4-11-12(5-10(9)16)18(13(6-15)17-11)8-2-1-3-19-7-8/h4-5,8H,1-3,6-7H2. The van der Waals surface area contributed by atoms with E-state index in [1.54, 1.807) is 6.07 Å². The molecule has 1 unspecified atom stereocenters. The van der Waals surface area contributed by atoms with E-state index >= 15 is 0 Å². The highest BCUT2D eigenvalue weighted by molar-refractivity contribution is 9.10. The van der Waals surface area contributed by atoms with Crippen LogP contribution in [0.15, 0.2) is 16.6 Å². The van der Waals surface area contributed by atoms with Crippen LogP contribution in [-0.2, 0) is 10.6 Å². The van der Waals surface area contributed by atoms with Crippen molar-refractivity contribution in [3.8, 4) is 0 Å². The molecule has 1 aromatic carbocycles. The number of benzene rings is 1. The van der Waals surface area contributed by atoms with Gasteiger partial charge in [-0.2, -0.15) is 0 Å². The topological polar surface area (TPSA) is 27.1 Å². The summed E-state index contributed by atoms with van der Waals surface area (Å²) in [6, 6.07) is 3.39. The fourth-order valence-electron chi connectivity index (χ4n) is 2.57. The van der Waals surface area contributed by atoms with Crippen LogP contribution in [0.5, 0.6) is 0 Å². The first-order valence-corrected chi connectivity index (χ1v) is 7.53. The number of hydrogen-bond acceptors (Lipinski definition) is 2. The monoisotopic (exact) mass is 346 g/mol. The van der Waals surface area contributed by atoms with Crippen LogP contribution in [0.1, 0.15) is 24.7 Å². The van der Waals surface area contributed by atoms with E-state index in [1.807, 2.05) is 4.57 Å². The van der Waals surface area contributed by atoms with E-state index in [1.165, 1.54) is 6.07 Å². The van der Waals surface area contributed by atoms with Gasteiger partial charge in [-0.1, -0.05) is 0 Å². The Labute approximate surface area is 123 Å². The molecule has 0 bridgehead atoms. The number of ether oxygens (including phenoxy) is 1. The molecule has 1 aliphatic rings. The summed E-state index contributed by atoms with van der Waals surface area (Å²) < 4.78 is 21.7. The summed E-state index contributed by atoms with van der Waals surface area (Å²) in [5, 5.41) is 0. The molecular weight excluding hydrogens is 335 g/mol. The largest absolute Gasteiger partial charge is 0.379 e. The third-order valence-electron chi connectivity index (χ3n) is 3.43. The lowest BCUT2D eigenvalue weighted by molar-refractivity contribution is 0.0597. The first-order chi connectivity index (χ1) is 9.20. The van der Waals surface area contributed by atoms with Gasteiger partial charge >= 0.3 is 0 Å². The number of fused-ring (bicyclic) bond motifs is 1. The van der Waals surface area contributed by atoms with Gasteiger partial charge in [0, 0.05) is 12.7 Å². The Morgan fingerprint density at radius 3 is 3.05 bits per heavy atom. The average molecular weight is 348 g/mol. The highest BCUT2D eigenvalue weighted by Gasteiger charge is 2.22. The maximum atomic E-state index is 13.8. The second kappa shape index (κ2) is 5.38. The molecule has 3 nitrogen and oxygen atoms in total. The fraction of sp³-hybridized carbons (Fsp3) is 0.462. The second-order valence-electron chi connectivity index (χ2n) is 4.66. The molecule has 1 fully saturated rings. The van der Waals surface area contributed by atoms with Gasteiger partial charge in [-0.05, 0) is 34.8 Å². The smallest absolute Gasteiger partial charge is 0.139 e. The molecule has 19 heavy (non-hydrogen) atoms. The Balaban J connectivity index is 2.16. The van der Waals surface area contributed by atoms with Crippen molar-refractivity contribution in [2.75, 3.05) is 13.2 Å². The molecule has 0 aliphatic carbocycles. The van der Waals surface area contributed by atoms with Gasteiger partial charge in [0.2, 0.25) is 0 Å². The van der Waals surface area contributed by atoms with Crippen molar-refractivity contribution in [2.45, 2.75) is 24.8 Å². The predicted molar refractivity (Wildman–Crippen MR) is 76.0 cm³/mol. The van der Waals surface area contributed by atoms with Crippen LogP contribution in [0.25, 0.3) is 11.0 Å². The molecular formula is C13H13BrClFN2O. The summed E-state index contributed by atoms with van der Waals surface area (Å²) in [5.74, 6) is 0.793. The molecule has 1 aromatic heterocycles. The number of aromatic nitrogens is 2. The highest BCUT2D eigenvalue weighted by atomic mass is 79.9. The van der Waals surface area contributed by atoms with Crippen molar-refractivity contribution in [3.63, 3.8) is 0 Å². The molecule has 0 radical (unpaired) electrons. The molecule has 102 valence electrons.